The molecule has 1 aromatic carbocycles. The predicted molar refractivity (Wildman–Crippen MR) is 82.4 cm³/mol. The SMILES string of the molecule is CN1CCN(CCC(=O)NN=Cc2cccc(O)c2)CC1. The Hall–Kier alpha value is -1.92. The van der Waals surface area contributed by atoms with E-state index in [1.54, 1.807) is 24.3 Å². The fourth-order valence-electron chi connectivity index (χ4n) is 2.17. The van der Waals surface area contributed by atoms with Crippen LogP contribution in [-0.4, -0.2) is 66.8 Å². The molecular weight excluding hydrogens is 268 g/mol. The minimum Gasteiger partial charge on any atom is -0.508 e. The van der Waals surface area contributed by atoms with Gasteiger partial charge in [-0.15, -0.1) is 0 Å². The Morgan fingerprint density at radius 2 is 2.14 bits per heavy atom. The summed E-state index contributed by atoms with van der Waals surface area (Å²) in [7, 11) is 2.11. The smallest absolute Gasteiger partial charge is 0.241 e. The van der Waals surface area contributed by atoms with Crippen LogP contribution in [-0.2, 0) is 4.79 Å². The standard InChI is InChI=1S/C15H22N4O2/c1-18-7-9-19(10-8-18)6-5-15(21)17-16-12-13-3-2-4-14(20)11-13/h2-4,11-12,20H,5-10H2,1H3,(H,17,21). The number of hydrazone groups is 1. The summed E-state index contributed by atoms with van der Waals surface area (Å²) in [5, 5.41) is 13.2. The van der Waals surface area contributed by atoms with Gasteiger partial charge in [0.1, 0.15) is 5.75 Å². The first-order valence-electron chi connectivity index (χ1n) is 7.15. The number of nitrogens with zero attached hydrogens (tertiary/aromatic N) is 3. The molecule has 114 valence electrons. The highest BCUT2D eigenvalue weighted by atomic mass is 16.3. The number of hydrogen-bond donors (Lipinski definition) is 2. The van der Waals surface area contributed by atoms with Gasteiger partial charge < -0.3 is 14.9 Å². The molecule has 1 fully saturated rings. The van der Waals surface area contributed by atoms with Crippen molar-refractivity contribution in [3.05, 3.63) is 29.8 Å². The van der Waals surface area contributed by atoms with Crippen LogP contribution in [0.1, 0.15) is 12.0 Å². The van der Waals surface area contributed by atoms with Gasteiger partial charge in [-0.25, -0.2) is 5.43 Å². The number of benzene rings is 1. The summed E-state index contributed by atoms with van der Waals surface area (Å²) < 4.78 is 0. The van der Waals surface area contributed by atoms with Crippen molar-refractivity contribution in [1.82, 2.24) is 15.2 Å². The van der Waals surface area contributed by atoms with Gasteiger partial charge >= 0.3 is 0 Å². The number of amides is 1. The van der Waals surface area contributed by atoms with Crippen molar-refractivity contribution in [3.63, 3.8) is 0 Å². The molecule has 6 nitrogen and oxygen atoms in total. The summed E-state index contributed by atoms with van der Waals surface area (Å²) in [6.07, 6.45) is 1.97. The molecule has 0 aliphatic carbocycles. The summed E-state index contributed by atoms with van der Waals surface area (Å²) in [5.41, 5.74) is 3.26. The Bertz CT molecular complexity index is 496. The maximum absolute atomic E-state index is 11.7. The highest BCUT2D eigenvalue weighted by Gasteiger charge is 2.14. The number of rotatable bonds is 5. The summed E-state index contributed by atoms with van der Waals surface area (Å²) in [6.45, 7) is 4.89. The Morgan fingerprint density at radius 1 is 1.38 bits per heavy atom. The van der Waals surface area contributed by atoms with Crippen LogP contribution in [0, 0.1) is 0 Å². The molecule has 1 aliphatic heterocycles. The fourth-order valence-corrected chi connectivity index (χ4v) is 2.17. The minimum absolute atomic E-state index is 0.0923. The number of phenolic OH excluding ortho intramolecular Hbond substituents is 1. The summed E-state index contributed by atoms with van der Waals surface area (Å²) in [5.74, 6) is 0.0886. The number of likely N-dealkylation sites (N-methyl/N-ethyl adjacent to an activating group) is 1. The van der Waals surface area contributed by atoms with Gasteiger partial charge in [0.25, 0.3) is 0 Å². The molecule has 1 saturated heterocycles. The van der Waals surface area contributed by atoms with Crippen molar-refractivity contribution in [2.45, 2.75) is 6.42 Å². The van der Waals surface area contributed by atoms with E-state index in [1.165, 1.54) is 6.21 Å². The van der Waals surface area contributed by atoms with Gasteiger partial charge in [-0.2, -0.15) is 5.10 Å². The van der Waals surface area contributed by atoms with Crippen LogP contribution in [0.5, 0.6) is 5.75 Å². The first-order valence-corrected chi connectivity index (χ1v) is 7.15. The maximum atomic E-state index is 11.7. The Kier molecular flexibility index (Phi) is 5.71. The van der Waals surface area contributed by atoms with Crippen molar-refractivity contribution >= 4 is 12.1 Å². The van der Waals surface area contributed by atoms with Gasteiger partial charge in [-0.1, -0.05) is 12.1 Å². The second-order valence-corrected chi connectivity index (χ2v) is 5.28. The van der Waals surface area contributed by atoms with Crippen LogP contribution in [0.25, 0.3) is 0 Å². The quantitative estimate of drug-likeness (QED) is 0.611. The Morgan fingerprint density at radius 3 is 2.86 bits per heavy atom. The van der Waals surface area contributed by atoms with E-state index in [0.717, 1.165) is 38.3 Å². The lowest BCUT2D eigenvalue weighted by Gasteiger charge is -2.32. The molecule has 1 heterocycles. The lowest BCUT2D eigenvalue weighted by molar-refractivity contribution is -0.121. The number of phenols is 1. The lowest BCUT2D eigenvalue weighted by atomic mass is 10.2. The minimum atomic E-state index is -0.0923. The molecule has 0 unspecified atom stereocenters. The second-order valence-electron chi connectivity index (χ2n) is 5.28. The Balaban J connectivity index is 1.68. The zero-order valence-corrected chi connectivity index (χ0v) is 12.3. The lowest BCUT2D eigenvalue weighted by Crippen LogP contribution is -2.45. The number of piperazine rings is 1. The molecule has 0 atom stereocenters. The van der Waals surface area contributed by atoms with E-state index in [4.69, 9.17) is 0 Å². The second kappa shape index (κ2) is 7.75. The van der Waals surface area contributed by atoms with Gasteiger partial charge in [-0.3, -0.25) is 4.79 Å². The average Bonchev–Trinajstić information content (AvgIpc) is 2.47. The third-order valence-electron chi connectivity index (χ3n) is 3.52. The zero-order valence-electron chi connectivity index (χ0n) is 12.3. The summed E-state index contributed by atoms with van der Waals surface area (Å²) >= 11 is 0. The van der Waals surface area contributed by atoms with Gasteiger partial charge in [-0.05, 0) is 24.7 Å². The van der Waals surface area contributed by atoms with Gasteiger partial charge in [0, 0.05) is 39.1 Å². The molecule has 1 aromatic rings. The van der Waals surface area contributed by atoms with Gasteiger partial charge in [0.05, 0.1) is 6.21 Å². The molecule has 0 bridgehead atoms. The monoisotopic (exact) mass is 290 g/mol. The van der Waals surface area contributed by atoms with E-state index in [1.807, 2.05) is 0 Å². The van der Waals surface area contributed by atoms with Crippen molar-refractivity contribution in [1.29, 1.82) is 0 Å². The van der Waals surface area contributed by atoms with Crippen molar-refractivity contribution in [2.75, 3.05) is 39.8 Å². The van der Waals surface area contributed by atoms with E-state index >= 15 is 0 Å². The van der Waals surface area contributed by atoms with E-state index in [9.17, 15) is 9.90 Å². The number of nitrogens with one attached hydrogen (secondary N) is 1. The largest absolute Gasteiger partial charge is 0.508 e. The first-order chi connectivity index (χ1) is 10.1. The molecule has 0 spiro atoms. The summed E-state index contributed by atoms with van der Waals surface area (Å²) in [4.78, 5) is 16.3. The summed E-state index contributed by atoms with van der Waals surface area (Å²) in [6, 6.07) is 6.71. The van der Waals surface area contributed by atoms with Crippen molar-refractivity contribution < 1.29 is 9.90 Å². The highest BCUT2D eigenvalue weighted by Crippen LogP contribution is 2.08. The average molecular weight is 290 g/mol. The van der Waals surface area contributed by atoms with Crippen LogP contribution in [0.15, 0.2) is 29.4 Å². The molecule has 21 heavy (non-hydrogen) atoms. The van der Waals surface area contributed by atoms with Crippen LogP contribution < -0.4 is 5.43 Å². The molecule has 0 aromatic heterocycles. The predicted octanol–water partition coefficient (Wildman–Crippen LogP) is 0.480. The van der Waals surface area contributed by atoms with E-state index in [-0.39, 0.29) is 11.7 Å². The first kappa shape index (κ1) is 15.5. The van der Waals surface area contributed by atoms with Gasteiger partial charge in [0.2, 0.25) is 5.91 Å². The number of carbonyl (C=O) groups excluding carboxylic acids is 1. The molecule has 6 heteroatoms. The number of aromatic hydroxyl groups is 1. The third-order valence-corrected chi connectivity index (χ3v) is 3.52. The molecule has 0 radical (unpaired) electrons. The number of carbonyl (C=O) groups is 1. The molecule has 2 N–H and O–H groups in total. The maximum Gasteiger partial charge on any atom is 0.241 e. The van der Waals surface area contributed by atoms with Crippen LogP contribution in [0.2, 0.25) is 0 Å². The zero-order chi connectivity index (χ0) is 15.1. The van der Waals surface area contributed by atoms with Crippen LogP contribution in [0.4, 0.5) is 0 Å². The van der Waals surface area contributed by atoms with Gasteiger partial charge in [0.15, 0.2) is 0 Å². The molecule has 0 saturated carbocycles. The number of hydrogen-bond acceptors (Lipinski definition) is 5. The molecule has 2 rings (SSSR count). The normalized spacial score (nSPS) is 17.2. The Labute approximate surface area is 125 Å². The highest BCUT2D eigenvalue weighted by molar-refractivity contribution is 5.82. The van der Waals surface area contributed by atoms with E-state index in [2.05, 4.69) is 27.4 Å². The molecule has 1 aliphatic rings. The fraction of sp³-hybridized carbons (Fsp3) is 0.467. The van der Waals surface area contributed by atoms with Crippen molar-refractivity contribution in [3.8, 4) is 5.75 Å². The molecular formula is C15H22N4O2. The van der Waals surface area contributed by atoms with Crippen molar-refractivity contribution in [2.24, 2.45) is 5.10 Å². The third kappa shape index (κ3) is 5.53. The molecule has 1 amide bonds. The van der Waals surface area contributed by atoms with E-state index in [0.29, 0.717) is 6.42 Å². The van der Waals surface area contributed by atoms with Crippen LogP contribution >= 0.6 is 0 Å². The topological polar surface area (TPSA) is 68.2 Å². The van der Waals surface area contributed by atoms with E-state index < -0.39 is 0 Å². The van der Waals surface area contributed by atoms with Crippen LogP contribution in [0.3, 0.4) is 0 Å².